The van der Waals surface area contributed by atoms with Crippen molar-refractivity contribution in [3.05, 3.63) is 23.8 Å². The molecule has 4 aliphatic rings. The van der Waals surface area contributed by atoms with Crippen molar-refractivity contribution in [1.29, 1.82) is 0 Å². The van der Waals surface area contributed by atoms with Crippen LogP contribution in [0.1, 0.15) is 72.1 Å². The van der Waals surface area contributed by atoms with Gasteiger partial charge < -0.3 is 20.3 Å². The summed E-state index contributed by atoms with van der Waals surface area (Å²) in [6, 6.07) is 0. The van der Waals surface area contributed by atoms with Crippen LogP contribution < -0.4 is 5.32 Å². The molecule has 4 aliphatic carbocycles. The maximum absolute atomic E-state index is 17.1. The van der Waals surface area contributed by atoms with Crippen LogP contribution in [0.25, 0.3) is 0 Å². The highest BCUT2D eigenvalue weighted by Crippen LogP contribution is 2.66. The van der Waals surface area contributed by atoms with Gasteiger partial charge in [0.2, 0.25) is 5.78 Å². The summed E-state index contributed by atoms with van der Waals surface area (Å²) in [5.41, 5.74) is -4.21. The third-order valence-electron chi connectivity index (χ3n) is 9.85. The van der Waals surface area contributed by atoms with E-state index in [9.17, 15) is 24.6 Å². The summed E-state index contributed by atoms with van der Waals surface area (Å²) in [6.45, 7) is 5.79. The number of esters is 1. The molecule has 0 aromatic rings. The Labute approximate surface area is 218 Å². The number of alkyl halides is 1. The molecule has 8 heteroatoms. The Morgan fingerprint density at radius 3 is 2.70 bits per heavy atom. The van der Waals surface area contributed by atoms with Gasteiger partial charge in [-0.2, -0.15) is 0 Å². The molecular weight excluding hydrogens is 477 g/mol. The fraction of sp³-hybridized carbons (Fsp3) is 0.759. The third-order valence-corrected chi connectivity index (χ3v) is 9.85. The zero-order valence-electron chi connectivity index (χ0n) is 22.3. The molecule has 3 fully saturated rings. The Hall–Kier alpha value is -1.90. The van der Waals surface area contributed by atoms with Gasteiger partial charge in [-0.05, 0) is 69.6 Å². The number of halogens is 1. The number of fused-ring (bicyclic) bond motifs is 5. The van der Waals surface area contributed by atoms with Crippen molar-refractivity contribution >= 4 is 17.5 Å². The number of aliphatic hydroxyl groups excluding tert-OH is 1. The molecule has 3 saturated carbocycles. The predicted molar refractivity (Wildman–Crippen MR) is 136 cm³/mol. The zero-order valence-corrected chi connectivity index (χ0v) is 22.3. The molecule has 1 unspecified atom stereocenters. The van der Waals surface area contributed by atoms with E-state index in [0.29, 0.717) is 31.4 Å². The van der Waals surface area contributed by atoms with Gasteiger partial charge >= 0.3 is 5.97 Å². The number of ketones is 2. The number of hydrogen-bond donors (Lipinski definition) is 3. The van der Waals surface area contributed by atoms with Crippen LogP contribution in [0.4, 0.5) is 4.39 Å². The quantitative estimate of drug-likeness (QED) is 0.300. The van der Waals surface area contributed by atoms with E-state index in [1.54, 1.807) is 19.9 Å². The highest BCUT2D eigenvalue weighted by atomic mass is 19.1. The number of Topliss-reactive ketones (excluding diaryl/α,β-unsaturated/α-hetero) is 1. The van der Waals surface area contributed by atoms with Crippen LogP contribution in [-0.4, -0.2) is 64.8 Å². The first-order valence-corrected chi connectivity index (χ1v) is 13.9. The summed E-state index contributed by atoms with van der Waals surface area (Å²) in [5.74, 6) is -3.28. The molecule has 0 spiro atoms. The van der Waals surface area contributed by atoms with Crippen LogP contribution in [0, 0.1) is 29.1 Å². The van der Waals surface area contributed by atoms with Crippen molar-refractivity contribution in [2.75, 3.05) is 19.7 Å². The van der Waals surface area contributed by atoms with Gasteiger partial charge in [0, 0.05) is 17.3 Å². The molecule has 0 radical (unpaired) electrons. The van der Waals surface area contributed by atoms with Crippen molar-refractivity contribution in [1.82, 2.24) is 5.32 Å². The van der Waals surface area contributed by atoms with Crippen LogP contribution >= 0.6 is 0 Å². The lowest BCUT2D eigenvalue weighted by atomic mass is 9.48. The molecule has 0 saturated heterocycles. The van der Waals surface area contributed by atoms with Crippen molar-refractivity contribution < 1.29 is 33.7 Å². The van der Waals surface area contributed by atoms with E-state index in [0.717, 1.165) is 25.7 Å². The maximum Gasteiger partial charge on any atom is 0.320 e. The minimum Gasteiger partial charge on any atom is -0.457 e. The highest BCUT2D eigenvalue weighted by molar-refractivity contribution is 6.01. The molecule has 7 nitrogen and oxygen atoms in total. The van der Waals surface area contributed by atoms with Gasteiger partial charge in [0.15, 0.2) is 18.1 Å². The number of aliphatic hydroxyl groups is 2. The lowest BCUT2D eigenvalue weighted by Gasteiger charge is -2.59. The molecule has 0 aromatic heterocycles. The number of allylic oxidation sites excluding steroid dienone is 4. The van der Waals surface area contributed by atoms with E-state index in [1.165, 1.54) is 12.2 Å². The first-order valence-electron chi connectivity index (χ1n) is 13.9. The second-order valence-electron chi connectivity index (χ2n) is 11.8. The lowest BCUT2D eigenvalue weighted by molar-refractivity contribution is -0.192. The first kappa shape index (κ1) is 28.1. The average molecular weight is 520 g/mol. The molecule has 8 atom stereocenters. The number of unbranched alkanes of at least 4 members (excludes halogenated alkanes) is 3. The summed E-state index contributed by atoms with van der Waals surface area (Å²) in [5, 5.41) is 25.9. The number of ether oxygens (including phenoxy) is 1. The maximum atomic E-state index is 17.1. The summed E-state index contributed by atoms with van der Waals surface area (Å²) in [4.78, 5) is 37.4. The van der Waals surface area contributed by atoms with E-state index in [2.05, 4.69) is 12.2 Å². The minimum absolute atomic E-state index is 0.00491. The Morgan fingerprint density at radius 2 is 1.97 bits per heavy atom. The van der Waals surface area contributed by atoms with Crippen molar-refractivity contribution in [2.24, 2.45) is 29.1 Å². The predicted octanol–water partition coefficient (Wildman–Crippen LogP) is 3.23. The fourth-order valence-corrected chi connectivity index (χ4v) is 7.77. The summed E-state index contributed by atoms with van der Waals surface area (Å²) < 4.78 is 22.2. The molecule has 3 N–H and O–H groups in total. The molecule has 0 aromatic carbocycles. The largest absolute Gasteiger partial charge is 0.457 e. The van der Waals surface area contributed by atoms with E-state index < -0.39 is 58.9 Å². The van der Waals surface area contributed by atoms with Gasteiger partial charge in [0.1, 0.15) is 5.60 Å². The van der Waals surface area contributed by atoms with Gasteiger partial charge in [-0.1, -0.05) is 44.8 Å². The second-order valence-corrected chi connectivity index (χ2v) is 11.8. The molecule has 0 aliphatic heterocycles. The minimum atomic E-state index is -2.00. The van der Waals surface area contributed by atoms with Crippen LogP contribution in [0.15, 0.2) is 23.8 Å². The van der Waals surface area contributed by atoms with Gasteiger partial charge in [0.05, 0.1) is 12.6 Å². The highest BCUT2D eigenvalue weighted by Gasteiger charge is 2.71. The number of nitrogens with one attached hydrogen (secondary N) is 1. The van der Waals surface area contributed by atoms with Crippen LogP contribution in [-0.2, 0) is 19.1 Å². The molecule has 0 heterocycles. The molecule has 0 bridgehead atoms. The first-order chi connectivity index (χ1) is 17.5. The number of carbonyl (C=O) groups excluding carboxylic acids is 3. The molecule has 206 valence electrons. The molecular formula is C29H42FNO6. The topological polar surface area (TPSA) is 113 Å². The van der Waals surface area contributed by atoms with E-state index in [-0.39, 0.29) is 24.7 Å². The van der Waals surface area contributed by atoms with Gasteiger partial charge in [-0.25, -0.2) is 4.39 Å². The molecule has 0 amide bonds. The van der Waals surface area contributed by atoms with Crippen molar-refractivity contribution in [3.63, 3.8) is 0 Å². The van der Waals surface area contributed by atoms with Crippen LogP contribution in [0.2, 0.25) is 0 Å². The fourth-order valence-electron chi connectivity index (χ4n) is 7.77. The van der Waals surface area contributed by atoms with Crippen LogP contribution in [0.5, 0.6) is 0 Å². The van der Waals surface area contributed by atoms with Gasteiger partial charge in [0.25, 0.3) is 0 Å². The summed E-state index contributed by atoms with van der Waals surface area (Å²) in [6.07, 6.45) is 8.71. The Bertz CT molecular complexity index is 979. The average Bonchev–Trinajstić information content (AvgIpc) is 3.12. The molecule has 4 rings (SSSR count). The Balaban J connectivity index is 1.43. The second kappa shape index (κ2) is 10.7. The van der Waals surface area contributed by atoms with E-state index >= 15 is 4.39 Å². The standard InChI is InChI=1S/C29H42FNO6/c1-4-5-6-7-12-31-16-26(35)37-17-25(34)28(36)18(2)13-21-22-9-8-19-14-20(32)10-11-27(19,3)29(22,30)24(33)15-23(21)28/h10-11,14,18,21-24,31,33,36H,4-9,12-13,15-17H2,1-3H3/t18-,21+,22+,23?,24+,27+,28-,29+/m1/s1. The summed E-state index contributed by atoms with van der Waals surface area (Å²) >= 11 is 0. The van der Waals surface area contributed by atoms with E-state index in [4.69, 9.17) is 4.74 Å². The Morgan fingerprint density at radius 1 is 1.22 bits per heavy atom. The monoisotopic (exact) mass is 519 g/mol. The van der Waals surface area contributed by atoms with Crippen LogP contribution in [0.3, 0.4) is 0 Å². The summed E-state index contributed by atoms with van der Waals surface area (Å²) in [7, 11) is 0. The normalized spacial score (nSPS) is 40.4. The third kappa shape index (κ3) is 4.63. The van der Waals surface area contributed by atoms with E-state index in [1.807, 2.05) is 0 Å². The van der Waals surface area contributed by atoms with Crippen molar-refractivity contribution in [3.8, 4) is 0 Å². The molecule has 37 heavy (non-hydrogen) atoms. The number of hydrogen-bond acceptors (Lipinski definition) is 7. The number of carbonyl (C=O) groups is 3. The van der Waals surface area contributed by atoms with Crippen molar-refractivity contribution in [2.45, 2.75) is 89.5 Å². The SMILES string of the molecule is CCCCCCNCC(=O)OCC(=O)[C@]1(O)C2C[C@H](O)[C@@]3(F)[C@@H](CCC4=CC(=O)C=C[C@@]43C)[C@@H]2C[C@H]1C. The Kier molecular flexibility index (Phi) is 8.13. The zero-order chi connectivity index (χ0) is 27.0. The number of rotatable bonds is 10. The van der Waals surface area contributed by atoms with Gasteiger partial charge in [-0.3, -0.25) is 14.4 Å². The smallest absolute Gasteiger partial charge is 0.320 e. The lowest BCUT2D eigenvalue weighted by Crippen LogP contribution is -2.66. The van der Waals surface area contributed by atoms with Gasteiger partial charge in [-0.15, -0.1) is 0 Å².